The third kappa shape index (κ3) is 7.48. The molecule has 3 aliphatic heterocycles. The molecule has 0 aromatic heterocycles. The number of thioether (sulfide) groups is 2. The molecule has 3 saturated heterocycles. The molecule has 10 nitrogen and oxygen atoms in total. The van der Waals surface area contributed by atoms with Gasteiger partial charge in [0.2, 0.25) is 29.5 Å². The molecule has 0 bridgehead atoms. The Bertz CT molecular complexity index is 968. The molecule has 214 valence electrons. The van der Waals surface area contributed by atoms with Gasteiger partial charge in [-0.15, -0.1) is 23.5 Å². The Morgan fingerprint density at radius 1 is 1.16 bits per heavy atom. The van der Waals surface area contributed by atoms with Crippen LogP contribution >= 0.6 is 23.5 Å². The molecule has 0 radical (unpaired) electrons. The fourth-order valence-corrected chi connectivity index (χ4v) is 8.14. The van der Waals surface area contributed by atoms with Crippen LogP contribution in [0.25, 0.3) is 0 Å². The smallest absolute Gasteiger partial charge is 0.368 e. The van der Waals surface area contributed by atoms with Crippen LogP contribution in [0.3, 0.4) is 0 Å². The first-order valence-corrected chi connectivity index (χ1v) is 14.3. The van der Waals surface area contributed by atoms with Gasteiger partial charge in [0.05, 0.1) is 4.08 Å². The Hall–Kier alpha value is -2.16. The first kappa shape index (κ1) is 30.4. The molecule has 15 heteroatoms. The van der Waals surface area contributed by atoms with Crippen molar-refractivity contribution >= 4 is 53.1 Å². The summed E-state index contributed by atoms with van der Waals surface area (Å²) >= 11 is 3.19. The Labute approximate surface area is 227 Å². The highest BCUT2D eigenvalue weighted by atomic mass is 32.2. The van der Waals surface area contributed by atoms with E-state index in [0.29, 0.717) is 13.0 Å². The molecular weight excluding hydrogens is 547 g/mol. The summed E-state index contributed by atoms with van der Waals surface area (Å²) < 4.78 is 37.9. The molecule has 4 atom stereocenters. The summed E-state index contributed by atoms with van der Waals surface area (Å²) in [6.45, 7) is 5.43. The van der Waals surface area contributed by atoms with Crippen molar-refractivity contribution in [3.05, 3.63) is 0 Å². The van der Waals surface area contributed by atoms with E-state index in [1.165, 1.54) is 4.90 Å². The molecule has 3 aliphatic rings. The Balaban J connectivity index is 1.83. The van der Waals surface area contributed by atoms with Gasteiger partial charge in [-0.1, -0.05) is 20.8 Å². The number of primary amides is 1. The summed E-state index contributed by atoms with van der Waals surface area (Å²) in [5, 5.41) is 7.50. The van der Waals surface area contributed by atoms with Gasteiger partial charge in [-0.2, -0.15) is 13.2 Å². The quantitative estimate of drug-likeness (QED) is 0.330. The zero-order valence-electron chi connectivity index (χ0n) is 21.5. The second-order valence-corrected chi connectivity index (χ2v) is 14.1. The molecule has 0 saturated carbocycles. The van der Waals surface area contributed by atoms with E-state index >= 15 is 0 Å². The van der Waals surface area contributed by atoms with Gasteiger partial charge in [-0.05, 0) is 18.3 Å². The van der Waals surface area contributed by atoms with Gasteiger partial charge < -0.3 is 26.6 Å². The zero-order chi connectivity index (χ0) is 28.5. The first-order valence-electron chi connectivity index (χ1n) is 12.3. The number of nitrogens with two attached hydrogens (primary N) is 1. The van der Waals surface area contributed by atoms with Gasteiger partial charge in [0.25, 0.3) is 0 Å². The lowest BCUT2D eigenvalue weighted by atomic mass is 9.85. The van der Waals surface area contributed by atoms with Crippen LogP contribution in [0.2, 0.25) is 0 Å². The summed E-state index contributed by atoms with van der Waals surface area (Å²) in [6.07, 6.45) is -5.72. The fraction of sp³-hybridized carbons (Fsp3) is 0.783. The van der Waals surface area contributed by atoms with Crippen molar-refractivity contribution < 1.29 is 37.1 Å². The van der Waals surface area contributed by atoms with Crippen LogP contribution in [0.15, 0.2) is 0 Å². The topological polar surface area (TPSA) is 151 Å². The number of rotatable bonds is 8. The number of carbonyl (C=O) groups is 5. The number of nitrogens with one attached hydrogen (secondary N) is 3. The molecule has 38 heavy (non-hydrogen) atoms. The Morgan fingerprint density at radius 2 is 1.79 bits per heavy atom. The van der Waals surface area contributed by atoms with E-state index in [1.807, 2.05) is 0 Å². The van der Waals surface area contributed by atoms with E-state index in [9.17, 15) is 37.1 Å². The summed E-state index contributed by atoms with van der Waals surface area (Å²) in [5.74, 6) is -2.60. The summed E-state index contributed by atoms with van der Waals surface area (Å²) in [4.78, 5) is 64.8. The highest BCUT2D eigenvalue weighted by Gasteiger charge is 2.53. The van der Waals surface area contributed by atoms with Gasteiger partial charge in [-0.3, -0.25) is 24.0 Å². The maximum Gasteiger partial charge on any atom is 0.397 e. The average Bonchev–Trinajstić information content (AvgIpc) is 3.50. The minimum Gasteiger partial charge on any atom is -0.368 e. The number of amides is 5. The molecule has 3 rings (SSSR count). The SMILES string of the molecule is CC(C)(C)[C@H](NC(=O)CC(F)(F)F)C(=O)N1CC2(C[C@H]1C(=O)N[C@@H](C[C@@H]1CCNC1=O)C(N)=O)SCCS2. The third-order valence-electron chi connectivity index (χ3n) is 6.81. The van der Waals surface area contributed by atoms with Gasteiger partial charge in [0.15, 0.2) is 0 Å². The first-order chi connectivity index (χ1) is 17.5. The number of likely N-dealkylation sites (tertiary alicyclic amines) is 1. The van der Waals surface area contributed by atoms with Crippen LogP contribution in [-0.2, 0) is 24.0 Å². The Kier molecular flexibility index (Phi) is 9.21. The van der Waals surface area contributed by atoms with Crippen LogP contribution < -0.4 is 21.7 Å². The van der Waals surface area contributed by atoms with E-state index in [1.54, 1.807) is 44.3 Å². The molecule has 5 N–H and O–H groups in total. The average molecular weight is 582 g/mol. The zero-order valence-corrected chi connectivity index (χ0v) is 23.1. The molecule has 1 spiro atoms. The molecule has 0 aromatic carbocycles. The normalized spacial score (nSPS) is 24.7. The van der Waals surface area contributed by atoms with Crippen molar-refractivity contribution in [1.29, 1.82) is 0 Å². The van der Waals surface area contributed by atoms with Crippen molar-refractivity contribution in [3.63, 3.8) is 0 Å². The molecule has 5 amide bonds. The van der Waals surface area contributed by atoms with Gasteiger partial charge in [-0.25, -0.2) is 0 Å². The monoisotopic (exact) mass is 581 g/mol. The number of halogens is 3. The van der Waals surface area contributed by atoms with Crippen molar-refractivity contribution in [3.8, 4) is 0 Å². The fourth-order valence-electron chi connectivity index (χ4n) is 4.89. The molecule has 0 unspecified atom stereocenters. The second kappa shape index (κ2) is 11.5. The van der Waals surface area contributed by atoms with Crippen LogP contribution in [-0.4, -0.2) is 87.4 Å². The molecule has 0 aromatic rings. The predicted octanol–water partition coefficient (Wildman–Crippen LogP) is 0.743. The highest BCUT2D eigenvalue weighted by Crippen LogP contribution is 2.52. The van der Waals surface area contributed by atoms with Crippen molar-refractivity contribution in [2.24, 2.45) is 17.1 Å². The van der Waals surface area contributed by atoms with E-state index in [-0.39, 0.29) is 25.3 Å². The number of carbonyl (C=O) groups excluding carboxylic acids is 5. The standard InChI is InChI=1S/C23H34F3N5O5S2/c1-21(2,3)16(30-15(32)10-23(24,25)26)20(36)31-11-22(37-6-7-38-22)9-14(31)19(35)29-13(17(27)33)8-12-4-5-28-18(12)34/h12-14,16H,4-11H2,1-3H3,(H2,27,33)(H,28,34)(H,29,35)(H,30,32)/t12-,13-,14-,16+/m0/s1. The van der Waals surface area contributed by atoms with Crippen molar-refractivity contribution in [2.45, 2.75) is 74.8 Å². The lowest BCUT2D eigenvalue weighted by molar-refractivity contribution is -0.157. The summed E-state index contributed by atoms with van der Waals surface area (Å²) in [5.41, 5.74) is 4.55. The summed E-state index contributed by atoms with van der Waals surface area (Å²) in [7, 11) is 0. The van der Waals surface area contributed by atoms with Crippen molar-refractivity contribution in [2.75, 3.05) is 24.6 Å². The lowest BCUT2D eigenvalue weighted by Crippen LogP contribution is -2.59. The van der Waals surface area contributed by atoms with Crippen molar-refractivity contribution in [1.82, 2.24) is 20.9 Å². The molecular formula is C23H34F3N5O5S2. The third-order valence-corrected chi connectivity index (χ3v) is 10.2. The second-order valence-electron chi connectivity index (χ2n) is 10.9. The summed E-state index contributed by atoms with van der Waals surface area (Å²) in [6, 6.07) is -3.50. The van der Waals surface area contributed by atoms with Gasteiger partial charge >= 0.3 is 6.18 Å². The highest BCUT2D eigenvalue weighted by molar-refractivity contribution is 8.21. The molecule has 0 aliphatic carbocycles. The van der Waals surface area contributed by atoms with Gasteiger partial charge in [0, 0.05) is 36.9 Å². The lowest BCUT2D eigenvalue weighted by Gasteiger charge is -2.36. The number of nitrogens with zero attached hydrogens (tertiary/aromatic N) is 1. The van der Waals surface area contributed by atoms with E-state index in [2.05, 4.69) is 16.0 Å². The van der Waals surface area contributed by atoms with E-state index < -0.39 is 69.8 Å². The Morgan fingerprint density at radius 3 is 2.29 bits per heavy atom. The molecule has 3 heterocycles. The van der Waals surface area contributed by atoms with E-state index in [4.69, 9.17) is 5.73 Å². The molecule has 3 fully saturated rings. The minimum atomic E-state index is -4.74. The number of alkyl halides is 3. The predicted molar refractivity (Wildman–Crippen MR) is 137 cm³/mol. The maximum absolute atomic E-state index is 13.8. The van der Waals surface area contributed by atoms with Crippen LogP contribution in [0.5, 0.6) is 0 Å². The minimum absolute atomic E-state index is 0.0142. The van der Waals surface area contributed by atoms with Crippen LogP contribution in [0.4, 0.5) is 13.2 Å². The maximum atomic E-state index is 13.8. The van der Waals surface area contributed by atoms with E-state index in [0.717, 1.165) is 11.5 Å². The van der Waals surface area contributed by atoms with Crippen LogP contribution in [0.1, 0.15) is 46.5 Å². The van der Waals surface area contributed by atoms with Gasteiger partial charge in [0.1, 0.15) is 24.5 Å². The number of hydrogen-bond donors (Lipinski definition) is 4. The van der Waals surface area contributed by atoms with Crippen LogP contribution in [0, 0.1) is 11.3 Å². The number of hydrogen-bond acceptors (Lipinski definition) is 7. The largest absolute Gasteiger partial charge is 0.397 e.